The highest BCUT2D eigenvalue weighted by molar-refractivity contribution is 6.08. The fraction of sp³-hybridized carbons (Fsp3) is 0.286. The van der Waals surface area contributed by atoms with Crippen LogP contribution in [0.25, 0.3) is 0 Å². The largest absolute Gasteiger partial charge is 0.480 e. The van der Waals surface area contributed by atoms with Crippen LogP contribution in [-0.2, 0) is 19.9 Å². The van der Waals surface area contributed by atoms with Crippen LogP contribution < -0.4 is 26.2 Å². The molecule has 1 aromatic rings. The molecule has 0 unspecified atom stereocenters. The van der Waals surface area contributed by atoms with Crippen molar-refractivity contribution in [3.05, 3.63) is 29.6 Å². The van der Waals surface area contributed by atoms with E-state index < -0.39 is 41.2 Å². The Kier molecular flexibility index (Phi) is 3.59. The molecule has 0 aliphatic carbocycles. The number of urea groups is 1. The Morgan fingerprint density at radius 3 is 2.71 bits per heavy atom. The second-order valence-corrected chi connectivity index (χ2v) is 5.44. The van der Waals surface area contributed by atoms with Gasteiger partial charge in [-0.05, 0) is 18.2 Å². The zero-order valence-corrected chi connectivity index (χ0v) is 12.4. The number of hydrogen-bond acceptors (Lipinski definition) is 5. The van der Waals surface area contributed by atoms with Crippen LogP contribution in [0.5, 0.6) is 5.75 Å². The molecule has 1 aromatic carbocycles. The molecule has 2 aliphatic rings. The summed E-state index contributed by atoms with van der Waals surface area (Å²) in [6, 6.07) is 2.69. The highest BCUT2D eigenvalue weighted by Crippen LogP contribution is 2.41. The second-order valence-electron chi connectivity index (χ2n) is 5.44. The smallest absolute Gasteiger partial charge is 0.322 e. The standard InChI is InChI=1S/C14H13FN4O5/c1-6(20)18-19-11(21)10-5-14(12(22)16-13(23)17-14)8-4-7(15)2-3-9(8)24-10/h2-4,10H,5H2,1H3,(H,18,20)(H,19,21)(H2,16,17,22,23)/t10-,14-/m0/s1. The summed E-state index contributed by atoms with van der Waals surface area (Å²) in [5.41, 5.74) is 2.75. The second kappa shape index (κ2) is 5.48. The Morgan fingerprint density at radius 1 is 1.33 bits per heavy atom. The molecule has 1 spiro atoms. The van der Waals surface area contributed by atoms with Crippen molar-refractivity contribution in [1.29, 1.82) is 0 Å². The number of nitrogens with one attached hydrogen (secondary N) is 4. The molecule has 0 saturated carbocycles. The first-order valence-electron chi connectivity index (χ1n) is 6.98. The van der Waals surface area contributed by atoms with Crippen molar-refractivity contribution in [2.75, 3.05) is 0 Å². The van der Waals surface area contributed by atoms with Crippen molar-refractivity contribution in [2.45, 2.75) is 25.0 Å². The summed E-state index contributed by atoms with van der Waals surface area (Å²) in [5.74, 6) is -2.45. The fourth-order valence-corrected chi connectivity index (χ4v) is 2.72. The maximum atomic E-state index is 13.6. The number of benzene rings is 1. The van der Waals surface area contributed by atoms with Crippen molar-refractivity contribution in [3.8, 4) is 5.75 Å². The average molecular weight is 336 g/mol. The van der Waals surface area contributed by atoms with Crippen LogP contribution >= 0.6 is 0 Å². The predicted octanol–water partition coefficient (Wildman–Crippen LogP) is -0.821. The zero-order valence-electron chi connectivity index (χ0n) is 12.4. The maximum absolute atomic E-state index is 13.6. The van der Waals surface area contributed by atoms with E-state index in [1.807, 2.05) is 0 Å². The number of ether oxygens (including phenoxy) is 1. The Balaban J connectivity index is 1.98. The minimum Gasteiger partial charge on any atom is -0.480 e. The van der Waals surface area contributed by atoms with Crippen molar-refractivity contribution in [3.63, 3.8) is 0 Å². The molecule has 0 aromatic heterocycles. The third kappa shape index (κ3) is 2.51. The number of imide groups is 1. The van der Waals surface area contributed by atoms with Gasteiger partial charge in [-0.15, -0.1) is 0 Å². The van der Waals surface area contributed by atoms with Crippen LogP contribution in [0.2, 0.25) is 0 Å². The van der Waals surface area contributed by atoms with Gasteiger partial charge in [0.15, 0.2) is 11.6 Å². The Morgan fingerprint density at radius 2 is 2.08 bits per heavy atom. The third-order valence-electron chi connectivity index (χ3n) is 3.76. The molecule has 1 saturated heterocycles. The third-order valence-corrected chi connectivity index (χ3v) is 3.76. The number of hydrazine groups is 1. The van der Waals surface area contributed by atoms with Crippen LogP contribution in [0.15, 0.2) is 18.2 Å². The van der Waals surface area contributed by atoms with Gasteiger partial charge in [0.1, 0.15) is 11.6 Å². The Bertz CT molecular complexity index is 768. The van der Waals surface area contributed by atoms with Crippen LogP contribution in [0.1, 0.15) is 18.9 Å². The van der Waals surface area contributed by atoms with Crippen LogP contribution in [0.3, 0.4) is 0 Å². The number of halogens is 1. The summed E-state index contributed by atoms with van der Waals surface area (Å²) in [4.78, 5) is 46.9. The van der Waals surface area contributed by atoms with Crippen molar-refractivity contribution in [2.24, 2.45) is 0 Å². The fourth-order valence-electron chi connectivity index (χ4n) is 2.72. The average Bonchev–Trinajstić information content (AvgIpc) is 2.79. The van der Waals surface area contributed by atoms with Gasteiger partial charge in [-0.3, -0.25) is 30.6 Å². The van der Waals surface area contributed by atoms with Gasteiger partial charge >= 0.3 is 6.03 Å². The van der Waals surface area contributed by atoms with Gasteiger partial charge in [-0.1, -0.05) is 0 Å². The van der Waals surface area contributed by atoms with E-state index in [4.69, 9.17) is 4.74 Å². The number of hydrogen-bond donors (Lipinski definition) is 4. The molecule has 0 bridgehead atoms. The number of fused-ring (bicyclic) bond motifs is 2. The predicted molar refractivity (Wildman–Crippen MR) is 75.7 cm³/mol. The SMILES string of the molecule is CC(=O)NNC(=O)[C@@H]1C[C@]2(NC(=O)NC2=O)c2cc(F)ccc2O1. The highest BCUT2D eigenvalue weighted by atomic mass is 19.1. The Labute approximate surface area is 134 Å². The number of amides is 5. The first kappa shape index (κ1) is 15.7. The summed E-state index contributed by atoms with van der Waals surface area (Å²) in [5, 5.41) is 4.52. The van der Waals surface area contributed by atoms with Gasteiger partial charge in [0, 0.05) is 18.9 Å². The van der Waals surface area contributed by atoms with Crippen molar-refractivity contribution >= 4 is 23.8 Å². The van der Waals surface area contributed by atoms with Crippen LogP contribution in [0, 0.1) is 5.82 Å². The Hall–Kier alpha value is -3.17. The van der Waals surface area contributed by atoms with E-state index in [-0.39, 0.29) is 17.7 Å². The lowest BCUT2D eigenvalue weighted by Crippen LogP contribution is -2.56. The van der Waals surface area contributed by atoms with E-state index in [0.717, 1.165) is 12.1 Å². The lowest BCUT2D eigenvalue weighted by atomic mass is 9.81. The van der Waals surface area contributed by atoms with E-state index in [9.17, 15) is 23.6 Å². The minimum atomic E-state index is -1.62. The number of carbonyl (C=O) groups excluding carboxylic acids is 4. The molecule has 2 heterocycles. The summed E-state index contributed by atoms with van der Waals surface area (Å²) in [6.45, 7) is 1.20. The van der Waals surface area contributed by atoms with Crippen LogP contribution in [0.4, 0.5) is 9.18 Å². The molecule has 1 fully saturated rings. The molecule has 24 heavy (non-hydrogen) atoms. The van der Waals surface area contributed by atoms with E-state index in [2.05, 4.69) is 21.5 Å². The van der Waals surface area contributed by atoms with Crippen molar-refractivity contribution < 1.29 is 28.3 Å². The lowest BCUT2D eigenvalue weighted by molar-refractivity contribution is -0.136. The molecule has 2 aliphatic heterocycles. The summed E-state index contributed by atoms with van der Waals surface area (Å²) in [7, 11) is 0. The van der Waals surface area contributed by atoms with E-state index in [1.165, 1.54) is 13.0 Å². The monoisotopic (exact) mass is 336 g/mol. The molecule has 0 radical (unpaired) electrons. The van der Waals surface area contributed by atoms with Gasteiger partial charge < -0.3 is 10.1 Å². The molecule has 3 rings (SSSR count). The molecule has 4 N–H and O–H groups in total. The highest BCUT2D eigenvalue weighted by Gasteiger charge is 2.54. The summed E-state index contributed by atoms with van der Waals surface area (Å²) >= 11 is 0. The van der Waals surface area contributed by atoms with Crippen LogP contribution in [-0.4, -0.2) is 29.9 Å². The molecule has 9 nitrogen and oxygen atoms in total. The van der Waals surface area contributed by atoms with Gasteiger partial charge in [0.25, 0.3) is 11.8 Å². The molecule has 5 amide bonds. The van der Waals surface area contributed by atoms with Gasteiger partial charge in [0.05, 0.1) is 0 Å². The summed E-state index contributed by atoms with van der Waals surface area (Å²) < 4.78 is 19.1. The van der Waals surface area contributed by atoms with E-state index in [1.54, 1.807) is 0 Å². The van der Waals surface area contributed by atoms with Gasteiger partial charge in [-0.25, -0.2) is 9.18 Å². The number of rotatable bonds is 1. The maximum Gasteiger partial charge on any atom is 0.322 e. The zero-order chi connectivity index (χ0) is 17.5. The molecular weight excluding hydrogens is 323 g/mol. The first-order chi connectivity index (χ1) is 11.3. The van der Waals surface area contributed by atoms with Gasteiger partial charge in [0.2, 0.25) is 5.91 Å². The topological polar surface area (TPSA) is 126 Å². The normalized spacial score (nSPS) is 24.5. The van der Waals surface area contributed by atoms with E-state index in [0.29, 0.717) is 0 Å². The molecule has 126 valence electrons. The van der Waals surface area contributed by atoms with Crippen molar-refractivity contribution in [1.82, 2.24) is 21.5 Å². The van der Waals surface area contributed by atoms with Gasteiger partial charge in [-0.2, -0.15) is 0 Å². The molecule has 2 atom stereocenters. The first-order valence-corrected chi connectivity index (χ1v) is 6.98. The quantitative estimate of drug-likeness (QED) is 0.394. The number of carbonyl (C=O) groups is 4. The summed E-state index contributed by atoms with van der Waals surface area (Å²) in [6.07, 6.45) is -1.44. The minimum absolute atomic E-state index is 0.0861. The lowest BCUT2D eigenvalue weighted by Gasteiger charge is -2.36. The molecule has 10 heteroatoms. The molecular formula is C14H13FN4O5. The van der Waals surface area contributed by atoms with E-state index >= 15 is 0 Å².